The fourth-order valence-corrected chi connectivity index (χ4v) is 2.97. The van der Waals surface area contributed by atoms with E-state index in [1.54, 1.807) is 18.2 Å². The smallest absolute Gasteiger partial charge is 0.318 e. The maximum atomic E-state index is 12.1. The number of carbonyl (C=O) groups excluding carboxylic acids is 2. The summed E-state index contributed by atoms with van der Waals surface area (Å²) in [6.45, 7) is 3.67. The van der Waals surface area contributed by atoms with Crippen LogP contribution in [0.4, 0.5) is 4.79 Å². The van der Waals surface area contributed by atoms with E-state index in [-0.39, 0.29) is 17.0 Å². The Labute approximate surface area is 154 Å². The lowest BCUT2D eigenvalue weighted by Gasteiger charge is -2.16. The van der Waals surface area contributed by atoms with Crippen LogP contribution in [0.25, 0.3) is 11.5 Å². The molecule has 0 spiro atoms. The Morgan fingerprint density at radius 2 is 1.77 bits per heavy atom. The number of imide groups is 1. The Kier molecular flexibility index (Phi) is 6.45. The van der Waals surface area contributed by atoms with Gasteiger partial charge in [-0.1, -0.05) is 25.6 Å². The number of aromatic nitrogens is 2. The molecule has 2 rings (SSSR count). The van der Waals surface area contributed by atoms with Crippen LogP contribution in [0.3, 0.4) is 0 Å². The number of carbonyl (C=O) groups is 2. The molecule has 2 aromatic rings. The van der Waals surface area contributed by atoms with E-state index in [1.807, 2.05) is 13.8 Å². The van der Waals surface area contributed by atoms with E-state index < -0.39 is 17.2 Å². The summed E-state index contributed by atoms with van der Waals surface area (Å²) in [7, 11) is 3.08. The molecule has 0 saturated heterocycles. The molecule has 1 aromatic heterocycles. The van der Waals surface area contributed by atoms with Crippen molar-refractivity contribution >= 4 is 23.7 Å². The second-order valence-corrected chi connectivity index (χ2v) is 6.70. The number of thioether (sulfide) groups is 1. The second kappa shape index (κ2) is 8.56. The number of ether oxygens (including phenoxy) is 2. The van der Waals surface area contributed by atoms with Crippen LogP contribution in [-0.2, 0) is 4.79 Å². The minimum absolute atomic E-state index is 0.0911. The van der Waals surface area contributed by atoms with Crippen molar-refractivity contribution in [1.29, 1.82) is 0 Å². The number of nitrogens with one attached hydrogen (secondary N) is 1. The first-order valence-corrected chi connectivity index (χ1v) is 8.56. The van der Waals surface area contributed by atoms with Gasteiger partial charge in [0.05, 0.1) is 19.5 Å². The molecule has 3 amide bonds. The molecule has 0 aliphatic heterocycles. The van der Waals surface area contributed by atoms with E-state index in [4.69, 9.17) is 19.6 Å². The van der Waals surface area contributed by atoms with Crippen molar-refractivity contribution in [2.24, 2.45) is 11.7 Å². The first kappa shape index (κ1) is 19.6. The number of urea groups is 1. The topological polar surface area (TPSA) is 130 Å². The highest BCUT2D eigenvalue weighted by molar-refractivity contribution is 8.00. The van der Waals surface area contributed by atoms with E-state index in [2.05, 4.69) is 15.5 Å². The van der Waals surface area contributed by atoms with Gasteiger partial charge in [0.2, 0.25) is 11.8 Å². The first-order valence-electron chi connectivity index (χ1n) is 7.68. The van der Waals surface area contributed by atoms with Crippen LogP contribution < -0.4 is 20.5 Å². The minimum Gasteiger partial charge on any atom is -0.497 e. The number of rotatable bonds is 7. The molecule has 3 N–H and O–H groups in total. The molecular weight excluding hydrogens is 360 g/mol. The Morgan fingerprint density at radius 3 is 2.27 bits per heavy atom. The number of hydrogen-bond donors (Lipinski definition) is 2. The van der Waals surface area contributed by atoms with Gasteiger partial charge in [0, 0.05) is 11.6 Å². The molecule has 1 aromatic carbocycles. The van der Waals surface area contributed by atoms with Gasteiger partial charge in [-0.15, -0.1) is 10.2 Å². The highest BCUT2D eigenvalue weighted by Crippen LogP contribution is 2.32. The van der Waals surface area contributed by atoms with Gasteiger partial charge >= 0.3 is 6.03 Å². The fraction of sp³-hybridized carbons (Fsp3) is 0.375. The Morgan fingerprint density at radius 1 is 1.15 bits per heavy atom. The number of nitrogens with zero attached hydrogens (tertiary/aromatic N) is 2. The third-order valence-corrected chi connectivity index (χ3v) is 4.72. The summed E-state index contributed by atoms with van der Waals surface area (Å²) in [5.74, 6) is 0.801. The number of nitrogens with two attached hydrogens (primary N) is 1. The number of methoxy groups -OCH3 is 2. The van der Waals surface area contributed by atoms with Gasteiger partial charge in [0.15, 0.2) is 0 Å². The zero-order chi connectivity index (χ0) is 19.3. The van der Waals surface area contributed by atoms with Crippen LogP contribution >= 0.6 is 11.8 Å². The Balaban J connectivity index is 2.23. The van der Waals surface area contributed by atoms with Crippen molar-refractivity contribution in [3.05, 3.63) is 18.2 Å². The molecule has 9 nitrogen and oxygen atoms in total. The summed E-state index contributed by atoms with van der Waals surface area (Å²) in [5, 5.41) is 9.60. The van der Waals surface area contributed by atoms with Crippen molar-refractivity contribution in [2.75, 3.05) is 14.2 Å². The predicted molar refractivity (Wildman–Crippen MR) is 95.0 cm³/mol. The largest absolute Gasteiger partial charge is 0.497 e. The molecule has 0 radical (unpaired) electrons. The summed E-state index contributed by atoms with van der Waals surface area (Å²) in [4.78, 5) is 23.0. The van der Waals surface area contributed by atoms with Crippen molar-refractivity contribution in [2.45, 2.75) is 24.3 Å². The SMILES string of the molecule is COc1cc(OC)cc(-c2nnc(S[C@H](C(=O)NC(N)=O)C(C)C)o2)c1. The van der Waals surface area contributed by atoms with E-state index in [0.29, 0.717) is 17.1 Å². The molecule has 1 heterocycles. The molecule has 0 aliphatic carbocycles. The molecule has 0 bridgehead atoms. The van der Waals surface area contributed by atoms with E-state index in [1.165, 1.54) is 14.2 Å². The predicted octanol–water partition coefficient (Wildman–Crippen LogP) is 2.07. The maximum absolute atomic E-state index is 12.1. The Bertz CT molecular complexity index is 770. The van der Waals surface area contributed by atoms with Gasteiger partial charge in [-0.2, -0.15) is 0 Å². The number of amides is 3. The lowest BCUT2D eigenvalue weighted by molar-refractivity contribution is -0.120. The molecule has 1 atom stereocenters. The van der Waals surface area contributed by atoms with Crippen molar-refractivity contribution in [3.63, 3.8) is 0 Å². The highest BCUT2D eigenvalue weighted by atomic mass is 32.2. The molecule has 0 fully saturated rings. The standard InChI is InChI=1S/C16H20N4O5S/c1-8(2)12(13(21)18-15(17)22)26-16-20-19-14(25-16)9-5-10(23-3)7-11(6-9)24-4/h5-8,12H,1-4H3,(H3,17,18,21,22)/t12-/m0/s1. The van der Waals surface area contributed by atoms with Gasteiger partial charge in [0.1, 0.15) is 11.5 Å². The Hall–Kier alpha value is -2.75. The van der Waals surface area contributed by atoms with Crippen LogP contribution in [0.1, 0.15) is 13.8 Å². The molecular formula is C16H20N4O5S. The van der Waals surface area contributed by atoms with Crippen LogP contribution in [0.5, 0.6) is 11.5 Å². The van der Waals surface area contributed by atoms with Gasteiger partial charge in [-0.25, -0.2) is 4.79 Å². The van der Waals surface area contributed by atoms with Crippen molar-refractivity contribution in [3.8, 4) is 23.0 Å². The molecule has 10 heteroatoms. The summed E-state index contributed by atoms with van der Waals surface area (Å²) in [6, 6.07) is 4.27. The third kappa shape index (κ3) is 4.88. The van der Waals surface area contributed by atoms with E-state index in [0.717, 1.165) is 11.8 Å². The molecule has 0 aliphatic rings. The third-order valence-electron chi connectivity index (χ3n) is 3.34. The molecule has 140 valence electrons. The zero-order valence-electron chi connectivity index (χ0n) is 14.8. The quantitative estimate of drug-likeness (QED) is 0.698. The lowest BCUT2D eigenvalue weighted by atomic mass is 10.1. The maximum Gasteiger partial charge on any atom is 0.318 e. The average molecular weight is 380 g/mol. The summed E-state index contributed by atoms with van der Waals surface area (Å²) in [6.07, 6.45) is 0. The van der Waals surface area contributed by atoms with E-state index >= 15 is 0 Å². The average Bonchev–Trinajstić information content (AvgIpc) is 3.07. The molecule has 0 saturated carbocycles. The number of hydrogen-bond acceptors (Lipinski definition) is 8. The normalized spacial score (nSPS) is 11.9. The summed E-state index contributed by atoms with van der Waals surface area (Å²) < 4.78 is 16.1. The van der Waals surface area contributed by atoms with Crippen LogP contribution in [0.2, 0.25) is 0 Å². The highest BCUT2D eigenvalue weighted by Gasteiger charge is 2.27. The van der Waals surface area contributed by atoms with Gasteiger partial charge < -0.3 is 19.6 Å². The van der Waals surface area contributed by atoms with Crippen molar-refractivity contribution in [1.82, 2.24) is 15.5 Å². The summed E-state index contributed by atoms with van der Waals surface area (Å²) in [5.41, 5.74) is 5.62. The number of primary amides is 1. The molecule has 0 unspecified atom stereocenters. The van der Waals surface area contributed by atoms with Crippen LogP contribution in [-0.4, -0.2) is 41.6 Å². The first-order chi connectivity index (χ1) is 12.3. The van der Waals surface area contributed by atoms with Gasteiger partial charge in [0.25, 0.3) is 5.22 Å². The summed E-state index contributed by atoms with van der Waals surface area (Å²) >= 11 is 1.06. The lowest BCUT2D eigenvalue weighted by Crippen LogP contribution is -2.42. The molecule has 26 heavy (non-hydrogen) atoms. The monoisotopic (exact) mass is 380 g/mol. The fourth-order valence-electron chi connectivity index (χ4n) is 2.10. The van der Waals surface area contributed by atoms with Gasteiger partial charge in [-0.05, 0) is 18.1 Å². The van der Waals surface area contributed by atoms with Gasteiger partial charge in [-0.3, -0.25) is 10.1 Å². The minimum atomic E-state index is -0.907. The second-order valence-electron chi connectivity index (χ2n) is 5.61. The zero-order valence-corrected chi connectivity index (χ0v) is 15.6. The van der Waals surface area contributed by atoms with E-state index in [9.17, 15) is 9.59 Å². The van der Waals surface area contributed by atoms with Crippen LogP contribution in [0, 0.1) is 5.92 Å². The van der Waals surface area contributed by atoms with Crippen LogP contribution in [0.15, 0.2) is 27.8 Å². The number of benzene rings is 1. The van der Waals surface area contributed by atoms with Crippen molar-refractivity contribution < 1.29 is 23.5 Å².